The van der Waals surface area contributed by atoms with E-state index in [1.54, 1.807) is 11.1 Å². The Morgan fingerprint density at radius 2 is 2.13 bits per heavy atom. The molecule has 0 amide bonds. The van der Waals surface area contributed by atoms with Gasteiger partial charge in [-0.05, 0) is 73.7 Å². The second kappa shape index (κ2) is 5.65. The summed E-state index contributed by atoms with van der Waals surface area (Å²) < 4.78 is 5.54. The monoisotopic (exact) mass is 316 g/mol. The molecule has 0 unspecified atom stereocenters. The Balaban J connectivity index is 1.68. The molecule has 0 aromatic rings. The highest BCUT2D eigenvalue weighted by molar-refractivity contribution is 5.33. The summed E-state index contributed by atoms with van der Waals surface area (Å²) in [5, 5.41) is 10.6. The maximum absolute atomic E-state index is 10.6. The topological polar surface area (TPSA) is 29.5 Å². The summed E-state index contributed by atoms with van der Waals surface area (Å²) in [5.41, 5.74) is 3.64. The van der Waals surface area contributed by atoms with Gasteiger partial charge in [-0.3, -0.25) is 0 Å². The second-order valence-corrected chi connectivity index (χ2v) is 8.68. The van der Waals surface area contributed by atoms with E-state index in [-0.39, 0.29) is 11.5 Å². The van der Waals surface area contributed by atoms with Gasteiger partial charge >= 0.3 is 0 Å². The van der Waals surface area contributed by atoms with Crippen molar-refractivity contribution in [1.29, 1.82) is 0 Å². The molecule has 0 heterocycles. The first-order valence-corrected chi connectivity index (χ1v) is 9.70. The quantitative estimate of drug-likeness (QED) is 0.739. The predicted octanol–water partition coefficient (Wildman–Crippen LogP) is 4.84. The molecule has 0 aromatic heterocycles. The number of hydrogen-bond donors (Lipinski definition) is 1. The number of fused-ring (bicyclic) bond motifs is 4. The van der Waals surface area contributed by atoms with Crippen molar-refractivity contribution in [3.05, 3.63) is 23.0 Å². The van der Waals surface area contributed by atoms with Gasteiger partial charge in [0.1, 0.15) is 0 Å². The van der Waals surface area contributed by atoms with Crippen LogP contribution in [-0.4, -0.2) is 18.3 Å². The number of hydrogen-bond acceptors (Lipinski definition) is 2. The van der Waals surface area contributed by atoms with Crippen LogP contribution in [0.3, 0.4) is 0 Å². The largest absolute Gasteiger partial charge is 0.501 e. The van der Waals surface area contributed by atoms with Crippen LogP contribution < -0.4 is 0 Å². The van der Waals surface area contributed by atoms with Crippen LogP contribution in [0.5, 0.6) is 0 Å². The summed E-state index contributed by atoms with van der Waals surface area (Å²) in [6.07, 6.45) is 11.8. The molecule has 6 atom stereocenters. The standard InChI is InChI=1S/C21H32O2/c1-4-13-11-14-12-15(23-3)5-6-16(14)17-9-10-21(2)18(20(13)17)7-8-19(21)22/h5,13,17-20,22H,4,6-12H2,1-3H3/t13-,17-,18+,19+,20-,21+/m1/s1. The van der Waals surface area contributed by atoms with Gasteiger partial charge in [-0.1, -0.05) is 31.4 Å². The van der Waals surface area contributed by atoms with Gasteiger partial charge in [0.15, 0.2) is 0 Å². The maximum atomic E-state index is 10.6. The van der Waals surface area contributed by atoms with Crippen molar-refractivity contribution in [2.75, 3.05) is 7.11 Å². The van der Waals surface area contributed by atoms with Gasteiger partial charge in [-0.2, -0.15) is 0 Å². The Bertz CT molecular complexity index is 546. The van der Waals surface area contributed by atoms with E-state index >= 15 is 0 Å². The van der Waals surface area contributed by atoms with E-state index in [2.05, 4.69) is 19.9 Å². The molecular formula is C21H32O2. The molecule has 2 nitrogen and oxygen atoms in total. The first kappa shape index (κ1) is 15.7. The summed E-state index contributed by atoms with van der Waals surface area (Å²) in [4.78, 5) is 0. The van der Waals surface area contributed by atoms with E-state index in [9.17, 15) is 5.11 Å². The summed E-state index contributed by atoms with van der Waals surface area (Å²) in [7, 11) is 1.81. The minimum absolute atomic E-state index is 0.0623. The zero-order valence-corrected chi connectivity index (χ0v) is 15.0. The summed E-state index contributed by atoms with van der Waals surface area (Å²) in [5.74, 6) is 4.32. The zero-order valence-electron chi connectivity index (χ0n) is 15.0. The molecule has 2 saturated carbocycles. The third-order valence-corrected chi connectivity index (χ3v) is 7.96. The fraction of sp³-hybridized carbons (Fsp3) is 0.810. The minimum atomic E-state index is -0.0623. The van der Waals surface area contributed by atoms with Crippen molar-refractivity contribution < 1.29 is 9.84 Å². The van der Waals surface area contributed by atoms with E-state index < -0.39 is 0 Å². The highest BCUT2D eigenvalue weighted by Crippen LogP contribution is 2.62. The van der Waals surface area contributed by atoms with Crippen LogP contribution in [0.1, 0.15) is 65.2 Å². The highest BCUT2D eigenvalue weighted by atomic mass is 16.5. The maximum Gasteiger partial charge on any atom is 0.0959 e. The van der Waals surface area contributed by atoms with Gasteiger partial charge in [0.2, 0.25) is 0 Å². The van der Waals surface area contributed by atoms with E-state index in [0.717, 1.165) is 42.9 Å². The lowest BCUT2D eigenvalue weighted by atomic mass is 9.51. The molecule has 0 radical (unpaired) electrons. The van der Waals surface area contributed by atoms with Gasteiger partial charge in [-0.15, -0.1) is 0 Å². The molecule has 0 bridgehead atoms. The molecule has 2 heteroatoms. The van der Waals surface area contributed by atoms with Gasteiger partial charge in [0.25, 0.3) is 0 Å². The molecule has 0 aromatic carbocycles. The number of allylic oxidation sites excluding steroid dienone is 3. The fourth-order valence-corrected chi connectivity index (χ4v) is 6.64. The lowest BCUT2D eigenvalue weighted by molar-refractivity contribution is -0.0486. The van der Waals surface area contributed by atoms with Crippen molar-refractivity contribution in [2.45, 2.75) is 71.3 Å². The first-order chi connectivity index (χ1) is 11.1. The van der Waals surface area contributed by atoms with Crippen molar-refractivity contribution in [3.8, 4) is 0 Å². The zero-order chi connectivity index (χ0) is 16.2. The van der Waals surface area contributed by atoms with Crippen molar-refractivity contribution in [1.82, 2.24) is 0 Å². The molecule has 2 fully saturated rings. The summed E-state index contributed by atoms with van der Waals surface area (Å²) >= 11 is 0. The summed E-state index contributed by atoms with van der Waals surface area (Å²) in [6, 6.07) is 0. The minimum Gasteiger partial charge on any atom is -0.501 e. The first-order valence-electron chi connectivity index (χ1n) is 9.70. The third-order valence-electron chi connectivity index (χ3n) is 7.96. The SMILES string of the molecule is CC[C@@H]1CC2=C(CC=C(OC)C2)[C@H]2CC[C@]3(C)[C@@H](O)CC[C@H]3[C@H]12. The molecule has 128 valence electrons. The van der Waals surface area contributed by atoms with Gasteiger partial charge in [-0.25, -0.2) is 0 Å². The number of aliphatic hydroxyl groups excluding tert-OH is 1. The fourth-order valence-electron chi connectivity index (χ4n) is 6.64. The number of ether oxygens (including phenoxy) is 1. The van der Waals surface area contributed by atoms with Gasteiger partial charge < -0.3 is 9.84 Å². The van der Waals surface area contributed by atoms with Crippen LogP contribution >= 0.6 is 0 Å². The Kier molecular flexibility index (Phi) is 3.87. The Morgan fingerprint density at radius 3 is 2.87 bits per heavy atom. The normalized spacial score (nSPS) is 45.9. The van der Waals surface area contributed by atoms with Crippen LogP contribution in [0.2, 0.25) is 0 Å². The molecule has 1 N–H and O–H groups in total. The van der Waals surface area contributed by atoms with E-state index in [0.29, 0.717) is 0 Å². The van der Waals surface area contributed by atoms with E-state index in [1.165, 1.54) is 37.9 Å². The molecule has 0 aliphatic heterocycles. The van der Waals surface area contributed by atoms with Crippen LogP contribution in [0, 0.1) is 29.1 Å². The van der Waals surface area contributed by atoms with Crippen molar-refractivity contribution in [2.24, 2.45) is 29.1 Å². The average Bonchev–Trinajstić information content (AvgIpc) is 2.88. The third kappa shape index (κ3) is 2.24. The Hall–Kier alpha value is -0.760. The van der Waals surface area contributed by atoms with Gasteiger partial charge in [0.05, 0.1) is 19.0 Å². The smallest absolute Gasteiger partial charge is 0.0959 e. The Labute approximate surface area is 141 Å². The second-order valence-electron chi connectivity index (χ2n) is 8.68. The van der Waals surface area contributed by atoms with E-state index in [4.69, 9.17) is 4.74 Å². The number of rotatable bonds is 2. The van der Waals surface area contributed by atoms with Gasteiger partial charge in [0, 0.05) is 6.42 Å². The summed E-state index contributed by atoms with van der Waals surface area (Å²) in [6.45, 7) is 4.76. The molecule has 0 spiro atoms. The number of aliphatic hydroxyl groups is 1. The molecule has 23 heavy (non-hydrogen) atoms. The molecular weight excluding hydrogens is 284 g/mol. The van der Waals surface area contributed by atoms with Crippen LogP contribution in [0.25, 0.3) is 0 Å². The number of methoxy groups -OCH3 is 1. The molecule has 4 rings (SSSR count). The van der Waals surface area contributed by atoms with Crippen LogP contribution in [-0.2, 0) is 4.74 Å². The average molecular weight is 316 g/mol. The van der Waals surface area contributed by atoms with E-state index in [1.807, 2.05) is 7.11 Å². The molecule has 0 saturated heterocycles. The lowest BCUT2D eigenvalue weighted by Crippen LogP contribution is -2.48. The molecule has 4 aliphatic carbocycles. The van der Waals surface area contributed by atoms with Crippen molar-refractivity contribution in [3.63, 3.8) is 0 Å². The Morgan fingerprint density at radius 1 is 1.30 bits per heavy atom. The highest BCUT2D eigenvalue weighted by Gasteiger charge is 2.56. The van der Waals surface area contributed by atoms with Crippen LogP contribution in [0.15, 0.2) is 23.0 Å². The molecule has 4 aliphatic rings. The predicted molar refractivity (Wildman–Crippen MR) is 92.8 cm³/mol. The van der Waals surface area contributed by atoms with Crippen LogP contribution in [0.4, 0.5) is 0 Å². The lowest BCUT2D eigenvalue weighted by Gasteiger charge is -2.54. The van der Waals surface area contributed by atoms with Crippen molar-refractivity contribution >= 4 is 0 Å².